The number of nitrogens with one attached hydrogen (secondary N) is 1. The monoisotopic (exact) mass is 435 g/mol. The van der Waals surface area contributed by atoms with Crippen LogP contribution in [0.5, 0.6) is 0 Å². The van der Waals surface area contributed by atoms with Crippen LogP contribution in [0.3, 0.4) is 0 Å². The summed E-state index contributed by atoms with van der Waals surface area (Å²) < 4.78 is 16.1. The average molecular weight is 437 g/mol. The van der Waals surface area contributed by atoms with Gasteiger partial charge in [-0.1, -0.05) is 35.4 Å². The smallest absolute Gasteiger partial charge is 0.257 e. The second-order valence-electron chi connectivity index (χ2n) is 6.00. The van der Waals surface area contributed by atoms with E-state index in [9.17, 15) is 9.18 Å². The minimum absolute atomic E-state index is 0.156. The third-order valence-electron chi connectivity index (χ3n) is 3.96. The van der Waals surface area contributed by atoms with Gasteiger partial charge >= 0.3 is 0 Å². The summed E-state index contributed by atoms with van der Waals surface area (Å²) in [7, 11) is 0. The summed E-state index contributed by atoms with van der Waals surface area (Å²) in [4.78, 5) is 12.5. The average Bonchev–Trinajstić information content (AvgIpc) is 2.90. The highest BCUT2D eigenvalue weighted by Crippen LogP contribution is 2.24. The van der Waals surface area contributed by atoms with Gasteiger partial charge in [-0.15, -0.1) is 0 Å². The van der Waals surface area contributed by atoms with E-state index in [0.29, 0.717) is 26.4 Å². The van der Waals surface area contributed by atoms with Crippen molar-refractivity contribution in [1.82, 2.24) is 9.78 Å². The molecule has 4 nitrogen and oxygen atoms in total. The van der Waals surface area contributed by atoms with Gasteiger partial charge in [-0.2, -0.15) is 5.10 Å². The highest BCUT2D eigenvalue weighted by molar-refractivity contribution is 9.10. The lowest BCUT2D eigenvalue weighted by atomic mass is 10.1. The number of hydrogen-bond acceptors (Lipinski definition) is 2. The minimum atomic E-state index is -0.398. The van der Waals surface area contributed by atoms with Crippen molar-refractivity contribution in [3.8, 4) is 0 Å². The molecule has 3 aromatic rings. The van der Waals surface area contributed by atoms with E-state index in [1.54, 1.807) is 24.4 Å². The summed E-state index contributed by atoms with van der Waals surface area (Å²) in [5.41, 5.74) is 2.90. The van der Waals surface area contributed by atoms with Crippen molar-refractivity contribution in [2.75, 3.05) is 5.32 Å². The van der Waals surface area contributed by atoms with Gasteiger partial charge < -0.3 is 5.32 Å². The molecule has 134 valence electrons. The highest BCUT2D eigenvalue weighted by Gasteiger charge is 2.15. The summed E-state index contributed by atoms with van der Waals surface area (Å²) in [6.45, 7) is 4.01. The fourth-order valence-electron chi connectivity index (χ4n) is 2.65. The molecule has 2 aromatic carbocycles. The third-order valence-corrected chi connectivity index (χ3v) is 4.89. The number of hydrogen-bond donors (Lipinski definition) is 1. The predicted octanol–water partition coefficient (Wildman–Crippen LogP) is 5.36. The van der Waals surface area contributed by atoms with Crippen LogP contribution in [0, 0.1) is 19.7 Å². The van der Waals surface area contributed by atoms with E-state index in [0.717, 1.165) is 11.1 Å². The van der Waals surface area contributed by atoms with Crippen LogP contribution >= 0.6 is 27.5 Å². The number of aromatic nitrogens is 2. The first kappa shape index (κ1) is 18.6. The van der Waals surface area contributed by atoms with Gasteiger partial charge in [-0.05, 0) is 53.5 Å². The number of benzene rings is 2. The molecule has 0 atom stereocenters. The molecule has 1 N–H and O–H groups in total. The molecule has 0 saturated carbocycles. The molecule has 0 saturated heterocycles. The standard InChI is InChI=1S/C19H16BrClFN3O/c1-11-6-7-13(12(2)8-11)19(26)23-18-15(20)10-25(24-18)9-14-16(21)4-3-5-17(14)22/h3-8,10H,9H2,1-2H3,(H,23,24,26). The molecule has 1 amide bonds. The number of carbonyl (C=O) groups excluding carboxylic acids is 1. The highest BCUT2D eigenvalue weighted by atomic mass is 79.9. The van der Waals surface area contributed by atoms with Gasteiger partial charge in [0.05, 0.1) is 11.0 Å². The largest absolute Gasteiger partial charge is 0.304 e. The summed E-state index contributed by atoms with van der Waals surface area (Å²) >= 11 is 9.43. The molecule has 0 aliphatic rings. The Labute approximate surface area is 164 Å². The van der Waals surface area contributed by atoms with Crippen LogP contribution < -0.4 is 5.32 Å². The molecule has 0 aliphatic carbocycles. The van der Waals surface area contributed by atoms with E-state index in [4.69, 9.17) is 11.6 Å². The Balaban J connectivity index is 1.81. The molecule has 0 unspecified atom stereocenters. The Morgan fingerprint density at radius 3 is 2.77 bits per heavy atom. The van der Waals surface area contributed by atoms with E-state index in [2.05, 4.69) is 26.3 Å². The molecular weight excluding hydrogens is 421 g/mol. The number of aryl methyl sites for hydroxylation is 2. The zero-order valence-electron chi connectivity index (χ0n) is 14.2. The first-order valence-electron chi connectivity index (χ1n) is 7.89. The van der Waals surface area contributed by atoms with Gasteiger partial charge in [-0.3, -0.25) is 9.48 Å². The molecule has 1 aromatic heterocycles. The SMILES string of the molecule is Cc1ccc(C(=O)Nc2nn(Cc3c(F)cccc3Cl)cc2Br)c(C)c1. The van der Waals surface area contributed by atoms with Gasteiger partial charge in [0.2, 0.25) is 0 Å². The molecule has 0 spiro atoms. The number of anilines is 1. The lowest BCUT2D eigenvalue weighted by Gasteiger charge is -2.07. The van der Waals surface area contributed by atoms with E-state index < -0.39 is 5.82 Å². The van der Waals surface area contributed by atoms with Crippen molar-refractivity contribution >= 4 is 39.3 Å². The molecule has 0 bridgehead atoms. The van der Waals surface area contributed by atoms with Crippen molar-refractivity contribution in [3.05, 3.63) is 80.2 Å². The van der Waals surface area contributed by atoms with Crippen LogP contribution in [0.15, 0.2) is 47.1 Å². The minimum Gasteiger partial charge on any atom is -0.304 e. The zero-order valence-corrected chi connectivity index (χ0v) is 16.5. The molecule has 0 fully saturated rings. The molecule has 0 radical (unpaired) electrons. The third kappa shape index (κ3) is 3.97. The van der Waals surface area contributed by atoms with Crippen LogP contribution in [-0.4, -0.2) is 15.7 Å². The maximum atomic E-state index is 13.9. The van der Waals surface area contributed by atoms with E-state index in [1.807, 2.05) is 26.0 Å². The predicted molar refractivity (Wildman–Crippen MR) is 104 cm³/mol. The van der Waals surface area contributed by atoms with E-state index in [1.165, 1.54) is 10.7 Å². The molecule has 1 heterocycles. The van der Waals surface area contributed by atoms with Gasteiger partial charge in [0.25, 0.3) is 5.91 Å². The first-order chi connectivity index (χ1) is 12.3. The van der Waals surface area contributed by atoms with Crippen molar-refractivity contribution in [3.63, 3.8) is 0 Å². The van der Waals surface area contributed by atoms with Crippen molar-refractivity contribution in [1.29, 1.82) is 0 Å². The number of carbonyl (C=O) groups is 1. The topological polar surface area (TPSA) is 46.9 Å². The Hall–Kier alpha value is -2.18. The quantitative estimate of drug-likeness (QED) is 0.599. The van der Waals surface area contributed by atoms with Crippen LogP contribution in [0.2, 0.25) is 5.02 Å². The Bertz CT molecular complexity index is 967. The fraction of sp³-hybridized carbons (Fsp3) is 0.158. The summed E-state index contributed by atoms with van der Waals surface area (Å²) in [6.07, 6.45) is 1.67. The molecule has 26 heavy (non-hydrogen) atoms. The van der Waals surface area contributed by atoms with E-state index >= 15 is 0 Å². The fourth-order valence-corrected chi connectivity index (χ4v) is 3.29. The summed E-state index contributed by atoms with van der Waals surface area (Å²) in [6, 6.07) is 10.1. The van der Waals surface area contributed by atoms with Gasteiger partial charge in [0.1, 0.15) is 5.82 Å². The zero-order chi connectivity index (χ0) is 18.8. The maximum absolute atomic E-state index is 13.9. The first-order valence-corrected chi connectivity index (χ1v) is 9.06. The van der Waals surface area contributed by atoms with Crippen LogP contribution in [-0.2, 0) is 6.54 Å². The number of halogens is 3. The molecule has 3 rings (SSSR count). The van der Waals surface area contributed by atoms with Crippen molar-refractivity contribution in [2.24, 2.45) is 0 Å². The molecular formula is C19H16BrClFN3O. The number of rotatable bonds is 4. The second-order valence-corrected chi connectivity index (χ2v) is 7.26. The van der Waals surface area contributed by atoms with Crippen molar-refractivity contribution in [2.45, 2.75) is 20.4 Å². The van der Waals surface area contributed by atoms with Crippen molar-refractivity contribution < 1.29 is 9.18 Å². The van der Waals surface area contributed by atoms with Gasteiger partial charge in [0.15, 0.2) is 5.82 Å². The van der Waals surface area contributed by atoms with E-state index in [-0.39, 0.29) is 12.5 Å². The summed E-state index contributed by atoms with van der Waals surface area (Å²) in [5.74, 6) is -0.287. The lowest BCUT2D eigenvalue weighted by Crippen LogP contribution is -2.14. The maximum Gasteiger partial charge on any atom is 0.257 e. The van der Waals surface area contributed by atoms with Crippen LogP contribution in [0.4, 0.5) is 10.2 Å². The summed E-state index contributed by atoms with van der Waals surface area (Å²) in [5, 5.41) is 7.42. The lowest BCUT2D eigenvalue weighted by molar-refractivity contribution is 0.102. The normalized spacial score (nSPS) is 10.8. The van der Waals surface area contributed by atoms with Crippen LogP contribution in [0.25, 0.3) is 0 Å². The Morgan fingerprint density at radius 2 is 2.08 bits per heavy atom. The second kappa shape index (κ2) is 7.60. The van der Waals surface area contributed by atoms with Crippen LogP contribution in [0.1, 0.15) is 27.0 Å². The molecule has 0 aliphatic heterocycles. The van der Waals surface area contributed by atoms with Gasteiger partial charge in [-0.25, -0.2) is 4.39 Å². The number of nitrogens with zero attached hydrogens (tertiary/aromatic N) is 2. The Morgan fingerprint density at radius 1 is 1.31 bits per heavy atom. The van der Waals surface area contributed by atoms with Gasteiger partial charge in [0, 0.05) is 22.3 Å². The Kier molecular flexibility index (Phi) is 5.44. The molecule has 7 heteroatoms. The number of amides is 1.